The number of likely N-dealkylation sites (tertiary alicyclic amines) is 1. The minimum Gasteiger partial charge on any atom is -0.393 e. The molecule has 2 aliphatic heterocycles. The zero-order valence-corrected chi connectivity index (χ0v) is 23.2. The highest BCUT2D eigenvalue weighted by Gasteiger charge is 2.46. The summed E-state index contributed by atoms with van der Waals surface area (Å²) in [5, 5.41) is 10.8. The molecule has 5 rings (SSSR count). The summed E-state index contributed by atoms with van der Waals surface area (Å²) in [6.07, 6.45) is 3.58. The second kappa shape index (κ2) is 12.5. The zero-order chi connectivity index (χ0) is 29.0. The van der Waals surface area contributed by atoms with Crippen LogP contribution in [0.5, 0.6) is 0 Å². The average Bonchev–Trinajstić information content (AvgIpc) is 3.29. The van der Waals surface area contributed by atoms with Crippen molar-refractivity contribution in [3.8, 4) is 0 Å². The van der Waals surface area contributed by atoms with Crippen molar-refractivity contribution in [1.29, 1.82) is 0 Å². The van der Waals surface area contributed by atoms with Gasteiger partial charge in [0.1, 0.15) is 23.8 Å². The largest absolute Gasteiger partial charge is 0.393 e. The molecule has 0 spiro atoms. The van der Waals surface area contributed by atoms with Gasteiger partial charge < -0.3 is 14.9 Å². The number of aliphatic hydroxyl groups is 1. The molecular weight excluding hydrogens is 527 g/mol. The summed E-state index contributed by atoms with van der Waals surface area (Å²) in [4.78, 5) is 19.6. The number of hydrogen-bond donors (Lipinski definition) is 1. The number of carbonyl (C=O) groups is 1. The molecule has 41 heavy (non-hydrogen) atoms. The number of rotatable bonds is 7. The molecule has 3 atom stereocenters. The number of urea groups is 1. The molecule has 8 heteroatoms. The summed E-state index contributed by atoms with van der Waals surface area (Å²) in [5.41, 5.74) is 1.02. The Hall–Kier alpha value is -3.62. The SMILES string of the molecule is CN(C(=O)N1CC(c2cc(F)ccc2F)=C[C@@]1(CO)c1ccccc1)C1CCC(CF)N(Cc2ccccc2)CC1. The highest BCUT2D eigenvalue weighted by Crippen LogP contribution is 2.41. The summed E-state index contributed by atoms with van der Waals surface area (Å²) in [7, 11) is 1.73. The van der Waals surface area contributed by atoms with E-state index in [4.69, 9.17) is 0 Å². The first-order valence-electron chi connectivity index (χ1n) is 14.1. The van der Waals surface area contributed by atoms with Crippen LogP contribution in [0.3, 0.4) is 0 Å². The van der Waals surface area contributed by atoms with E-state index in [1.54, 1.807) is 22.9 Å². The minimum atomic E-state index is -1.26. The topological polar surface area (TPSA) is 47.0 Å². The summed E-state index contributed by atoms with van der Waals surface area (Å²) < 4.78 is 43.1. The van der Waals surface area contributed by atoms with Crippen molar-refractivity contribution in [2.45, 2.75) is 43.4 Å². The summed E-state index contributed by atoms with van der Waals surface area (Å²) in [6, 6.07) is 21.6. The van der Waals surface area contributed by atoms with E-state index in [0.29, 0.717) is 43.5 Å². The molecule has 1 saturated heterocycles. The number of carbonyl (C=O) groups excluding carboxylic acids is 1. The van der Waals surface area contributed by atoms with Crippen LogP contribution in [0.2, 0.25) is 0 Å². The van der Waals surface area contributed by atoms with Crippen molar-refractivity contribution >= 4 is 11.6 Å². The van der Waals surface area contributed by atoms with E-state index in [-0.39, 0.29) is 30.2 Å². The lowest BCUT2D eigenvalue weighted by atomic mass is 9.89. The number of benzene rings is 3. The second-order valence-corrected chi connectivity index (χ2v) is 11.0. The molecule has 0 aromatic heterocycles. The van der Waals surface area contributed by atoms with Gasteiger partial charge in [-0.05, 0) is 60.2 Å². The Bertz CT molecular complexity index is 1370. The van der Waals surface area contributed by atoms with Gasteiger partial charge >= 0.3 is 6.03 Å². The Morgan fingerprint density at radius 1 is 1.00 bits per heavy atom. The van der Waals surface area contributed by atoms with Gasteiger partial charge in [0.25, 0.3) is 0 Å². The Balaban J connectivity index is 1.41. The summed E-state index contributed by atoms with van der Waals surface area (Å²) >= 11 is 0. The zero-order valence-electron chi connectivity index (χ0n) is 23.2. The molecule has 2 heterocycles. The third-order valence-corrected chi connectivity index (χ3v) is 8.60. The molecule has 0 aliphatic carbocycles. The van der Waals surface area contributed by atoms with Gasteiger partial charge in [-0.1, -0.05) is 60.7 Å². The van der Waals surface area contributed by atoms with E-state index in [9.17, 15) is 23.1 Å². The van der Waals surface area contributed by atoms with Crippen LogP contribution in [-0.2, 0) is 12.1 Å². The number of aliphatic hydroxyl groups excluding tert-OH is 1. The van der Waals surface area contributed by atoms with E-state index in [0.717, 1.165) is 23.8 Å². The molecule has 216 valence electrons. The highest BCUT2D eigenvalue weighted by molar-refractivity contribution is 5.83. The molecule has 3 aromatic rings. The number of halogens is 3. The Morgan fingerprint density at radius 2 is 1.71 bits per heavy atom. The van der Waals surface area contributed by atoms with Gasteiger partial charge in [0.2, 0.25) is 0 Å². The standard InChI is InChI=1S/C33H36F3N3O2/c1-37(28-13-14-29(20-34)38(17-16-28)21-24-8-4-2-5-9-24)32(41)39-22-25(30-18-27(35)12-15-31(30)36)19-33(39,23-40)26-10-6-3-7-11-26/h2-12,15,18-19,28-29,40H,13-14,16-17,20-23H2,1H3/t28?,29?,33-/m1/s1. The smallest absolute Gasteiger partial charge is 0.321 e. The minimum absolute atomic E-state index is 0.00103. The van der Waals surface area contributed by atoms with Crippen molar-refractivity contribution in [2.75, 3.05) is 33.4 Å². The molecule has 2 unspecified atom stereocenters. The maximum Gasteiger partial charge on any atom is 0.321 e. The van der Waals surface area contributed by atoms with Gasteiger partial charge in [-0.15, -0.1) is 0 Å². The first-order chi connectivity index (χ1) is 19.9. The monoisotopic (exact) mass is 563 g/mol. The lowest BCUT2D eigenvalue weighted by Crippen LogP contribution is -2.54. The van der Waals surface area contributed by atoms with Gasteiger partial charge in [-0.25, -0.2) is 18.0 Å². The van der Waals surface area contributed by atoms with Crippen molar-refractivity contribution < 1.29 is 23.1 Å². The van der Waals surface area contributed by atoms with E-state index in [2.05, 4.69) is 4.90 Å². The predicted octanol–water partition coefficient (Wildman–Crippen LogP) is 6.00. The van der Waals surface area contributed by atoms with Crippen LogP contribution in [0.1, 0.15) is 36.0 Å². The van der Waals surface area contributed by atoms with Crippen molar-refractivity contribution in [1.82, 2.24) is 14.7 Å². The molecule has 0 bridgehead atoms. The molecule has 2 aliphatic rings. The number of alkyl halides is 1. The van der Waals surface area contributed by atoms with Crippen LogP contribution < -0.4 is 0 Å². The van der Waals surface area contributed by atoms with Crippen molar-refractivity contribution in [3.63, 3.8) is 0 Å². The van der Waals surface area contributed by atoms with Crippen LogP contribution in [0, 0.1) is 11.6 Å². The third kappa shape index (κ3) is 5.90. The van der Waals surface area contributed by atoms with Gasteiger partial charge in [0.05, 0.1) is 6.61 Å². The van der Waals surface area contributed by atoms with Crippen LogP contribution in [0.15, 0.2) is 84.9 Å². The molecular formula is C33H36F3N3O2. The normalized spacial score (nSPS) is 23.2. The van der Waals surface area contributed by atoms with Gasteiger partial charge in [-0.2, -0.15) is 0 Å². The van der Waals surface area contributed by atoms with Crippen molar-refractivity contribution in [3.05, 3.63) is 113 Å². The van der Waals surface area contributed by atoms with Gasteiger partial charge in [-0.3, -0.25) is 4.90 Å². The van der Waals surface area contributed by atoms with Crippen molar-refractivity contribution in [2.24, 2.45) is 0 Å². The molecule has 2 amide bonds. The maximum atomic E-state index is 14.8. The average molecular weight is 564 g/mol. The van der Waals surface area contributed by atoms with Gasteiger partial charge in [0, 0.05) is 44.3 Å². The Morgan fingerprint density at radius 3 is 2.39 bits per heavy atom. The van der Waals surface area contributed by atoms with Gasteiger partial charge in [0.15, 0.2) is 0 Å². The Kier molecular flexibility index (Phi) is 8.80. The molecule has 0 radical (unpaired) electrons. The fourth-order valence-electron chi connectivity index (χ4n) is 6.20. The summed E-state index contributed by atoms with van der Waals surface area (Å²) in [5.74, 6) is -1.18. The second-order valence-electron chi connectivity index (χ2n) is 11.0. The maximum absolute atomic E-state index is 14.8. The number of amides is 2. The van der Waals surface area contributed by atoms with E-state index >= 15 is 0 Å². The lowest BCUT2D eigenvalue weighted by Gasteiger charge is -2.41. The number of hydrogen-bond acceptors (Lipinski definition) is 3. The lowest BCUT2D eigenvalue weighted by molar-refractivity contribution is 0.0776. The Labute approximate surface area is 239 Å². The molecule has 0 saturated carbocycles. The quantitative estimate of drug-likeness (QED) is 0.384. The third-order valence-electron chi connectivity index (χ3n) is 8.60. The summed E-state index contributed by atoms with van der Waals surface area (Å²) in [6.45, 7) is 0.376. The van der Waals surface area contributed by atoms with E-state index in [1.807, 2.05) is 60.7 Å². The fourth-order valence-corrected chi connectivity index (χ4v) is 6.20. The van der Waals surface area contributed by atoms with E-state index in [1.165, 1.54) is 0 Å². The molecule has 1 fully saturated rings. The first kappa shape index (κ1) is 28.9. The fraction of sp³-hybridized carbons (Fsp3) is 0.364. The molecule has 3 aromatic carbocycles. The van der Waals surface area contributed by atoms with Crippen LogP contribution in [0.25, 0.3) is 5.57 Å². The number of nitrogens with zero attached hydrogens (tertiary/aromatic N) is 3. The first-order valence-corrected chi connectivity index (χ1v) is 14.1. The van der Waals surface area contributed by atoms with E-state index < -0.39 is 30.5 Å². The highest BCUT2D eigenvalue weighted by atomic mass is 19.1. The predicted molar refractivity (Wildman–Crippen MR) is 154 cm³/mol. The van der Waals surface area contributed by atoms with Crippen LogP contribution >= 0.6 is 0 Å². The molecule has 5 nitrogen and oxygen atoms in total. The molecule has 1 N–H and O–H groups in total. The van der Waals surface area contributed by atoms with Crippen LogP contribution in [-0.4, -0.2) is 71.3 Å². The van der Waals surface area contributed by atoms with Crippen LogP contribution in [0.4, 0.5) is 18.0 Å².